The third kappa shape index (κ3) is 10.3. The van der Waals surface area contributed by atoms with Gasteiger partial charge in [0.25, 0.3) is 0 Å². The number of unbranched alkanes of at least 4 members (excludes halogenated alkanes) is 4. The highest BCUT2D eigenvalue weighted by Crippen LogP contribution is 2.15. The summed E-state index contributed by atoms with van der Waals surface area (Å²) in [5.74, 6) is 0.861. The fourth-order valence-corrected chi connectivity index (χ4v) is 2.60. The molecule has 20 heavy (non-hydrogen) atoms. The summed E-state index contributed by atoms with van der Waals surface area (Å²) in [4.78, 5) is 0. The zero-order valence-electron chi connectivity index (χ0n) is 13.7. The molecule has 0 aromatic heterocycles. The molecule has 0 fully saturated rings. The first-order valence-electron chi connectivity index (χ1n) is 8.72. The van der Waals surface area contributed by atoms with Crippen LogP contribution < -0.4 is 0 Å². The normalized spacial score (nSPS) is 14.8. The molecule has 0 radical (unpaired) electrons. The maximum atomic E-state index is 5.71. The van der Waals surface area contributed by atoms with Gasteiger partial charge in [-0.15, -0.1) is 0 Å². The number of allylic oxidation sites excluding steroid dienone is 4. The van der Waals surface area contributed by atoms with E-state index in [9.17, 15) is 0 Å². The Labute approximate surface area is 126 Å². The Balaban J connectivity index is 1.76. The zero-order valence-corrected chi connectivity index (χ0v) is 13.7. The van der Waals surface area contributed by atoms with Gasteiger partial charge in [-0.05, 0) is 44.4 Å². The summed E-state index contributed by atoms with van der Waals surface area (Å²) < 4.78 is 5.71. The third-order valence-electron chi connectivity index (χ3n) is 3.90. The molecule has 0 aliphatic heterocycles. The van der Waals surface area contributed by atoms with E-state index in [1.807, 2.05) is 0 Å². The van der Waals surface area contributed by atoms with Gasteiger partial charge in [-0.1, -0.05) is 63.3 Å². The first kappa shape index (κ1) is 17.5. The van der Waals surface area contributed by atoms with Crippen molar-refractivity contribution in [2.45, 2.75) is 78.1 Å². The van der Waals surface area contributed by atoms with Crippen molar-refractivity contribution in [2.24, 2.45) is 5.92 Å². The second-order valence-electron chi connectivity index (χ2n) is 6.42. The van der Waals surface area contributed by atoms with Crippen LogP contribution in [0.1, 0.15) is 78.1 Å². The third-order valence-corrected chi connectivity index (χ3v) is 3.90. The Hall–Kier alpha value is -0.560. The van der Waals surface area contributed by atoms with Gasteiger partial charge in [-0.25, -0.2) is 0 Å². The summed E-state index contributed by atoms with van der Waals surface area (Å²) in [6, 6.07) is 0. The van der Waals surface area contributed by atoms with E-state index in [2.05, 4.69) is 32.1 Å². The maximum absolute atomic E-state index is 5.71. The highest BCUT2D eigenvalue weighted by molar-refractivity contribution is 5.21. The van der Waals surface area contributed by atoms with Gasteiger partial charge in [0.1, 0.15) is 0 Å². The molecule has 1 heteroatoms. The molecule has 1 rings (SSSR count). The minimum atomic E-state index is 0.861. The van der Waals surface area contributed by atoms with E-state index in [1.54, 1.807) is 0 Å². The SMILES string of the molecule is CC(C)CCCCCCOCCCCC1=CCCC=C1. The van der Waals surface area contributed by atoms with E-state index in [1.165, 1.54) is 69.8 Å². The van der Waals surface area contributed by atoms with Crippen molar-refractivity contribution in [2.75, 3.05) is 13.2 Å². The number of ether oxygens (including phenoxy) is 1. The van der Waals surface area contributed by atoms with Crippen molar-refractivity contribution in [1.29, 1.82) is 0 Å². The largest absolute Gasteiger partial charge is 0.381 e. The van der Waals surface area contributed by atoms with Gasteiger partial charge in [0.2, 0.25) is 0 Å². The Morgan fingerprint density at radius 3 is 2.40 bits per heavy atom. The van der Waals surface area contributed by atoms with E-state index in [-0.39, 0.29) is 0 Å². The van der Waals surface area contributed by atoms with E-state index in [4.69, 9.17) is 4.74 Å². The Bertz CT molecular complexity index is 275. The molecule has 0 amide bonds. The molecule has 0 saturated carbocycles. The molecule has 0 N–H and O–H groups in total. The van der Waals surface area contributed by atoms with Gasteiger partial charge < -0.3 is 4.74 Å². The van der Waals surface area contributed by atoms with Gasteiger partial charge in [-0.3, -0.25) is 0 Å². The molecule has 1 aliphatic rings. The lowest BCUT2D eigenvalue weighted by molar-refractivity contribution is 0.126. The van der Waals surface area contributed by atoms with E-state index < -0.39 is 0 Å². The molecule has 0 aromatic carbocycles. The van der Waals surface area contributed by atoms with Crippen LogP contribution in [0, 0.1) is 5.92 Å². The van der Waals surface area contributed by atoms with Gasteiger partial charge in [0.05, 0.1) is 0 Å². The monoisotopic (exact) mass is 278 g/mol. The zero-order chi connectivity index (χ0) is 14.5. The van der Waals surface area contributed by atoms with E-state index >= 15 is 0 Å². The summed E-state index contributed by atoms with van der Waals surface area (Å²) in [5.41, 5.74) is 1.53. The van der Waals surface area contributed by atoms with Crippen molar-refractivity contribution < 1.29 is 4.74 Å². The fourth-order valence-electron chi connectivity index (χ4n) is 2.60. The first-order valence-corrected chi connectivity index (χ1v) is 8.72. The smallest absolute Gasteiger partial charge is 0.0466 e. The van der Waals surface area contributed by atoms with Crippen molar-refractivity contribution in [1.82, 2.24) is 0 Å². The quantitative estimate of drug-likeness (QED) is 0.394. The molecule has 1 aliphatic carbocycles. The van der Waals surface area contributed by atoms with Crippen LogP contribution in [0.4, 0.5) is 0 Å². The number of hydrogen-bond acceptors (Lipinski definition) is 1. The molecular formula is C19H34O. The summed E-state index contributed by atoms with van der Waals surface area (Å²) >= 11 is 0. The molecule has 0 unspecified atom stereocenters. The van der Waals surface area contributed by atoms with Crippen LogP contribution in [0.2, 0.25) is 0 Å². The Morgan fingerprint density at radius 1 is 0.950 bits per heavy atom. The molecule has 0 spiro atoms. The summed E-state index contributed by atoms with van der Waals surface area (Å²) in [6.45, 7) is 6.53. The molecule has 1 nitrogen and oxygen atoms in total. The molecule has 0 saturated heterocycles. The predicted molar refractivity (Wildman–Crippen MR) is 89.1 cm³/mol. The standard InChI is InChI=1S/C19H34O/c1-18(2)12-6-3-4-10-16-20-17-11-9-15-19-13-7-5-8-14-19/h7,13-14,18H,3-6,8-12,15-17H2,1-2H3. The molecule has 0 heterocycles. The molecular weight excluding hydrogens is 244 g/mol. The van der Waals surface area contributed by atoms with Crippen LogP contribution in [0.15, 0.2) is 23.8 Å². The average molecular weight is 278 g/mol. The fraction of sp³-hybridized carbons (Fsp3) is 0.789. The highest BCUT2D eigenvalue weighted by atomic mass is 16.5. The lowest BCUT2D eigenvalue weighted by Crippen LogP contribution is -1.98. The lowest BCUT2D eigenvalue weighted by atomic mass is 10.0. The lowest BCUT2D eigenvalue weighted by Gasteiger charge is -2.07. The van der Waals surface area contributed by atoms with Crippen molar-refractivity contribution in [3.8, 4) is 0 Å². The molecule has 0 bridgehead atoms. The Morgan fingerprint density at radius 2 is 1.70 bits per heavy atom. The van der Waals surface area contributed by atoms with E-state index in [0.717, 1.165) is 19.1 Å². The van der Waals surface area contributed by atoms with Crippen LogP contribution in [-0.2, 0) is 4.74 Å². The van der Waals surface area contributed by atoms with Crippen molar-refractivity contribution in [3.63, 3.8) is 0 Å². The predicted octanol–water partition coefficient (Wildman–Crippen LogP) is 6.06. The second-order valence-corrected chi connectivity index (χ2v) is 6.42. The minimum absolute atomic E-state index is 0.861. The average Bonchev–Trinajstić information content (AvgIpc) is 2.45. The van der Waals surface area contributed by atoms with Gasteiger partial charge in [-0.2, -0.15) is 0 Å². The summed E-state index contributed by atoms with van der Waals surface area (Å²) in [5, 5.41) is 0. The first-order chi connectivity index (χ1) is 9.79. The summed E-state index contributed by atoms with van der Waals surface area (Å²) in [7, 11) is 0. The van der Waals surface area contributed by atoms with Crippen LogP contribution in [0.25, 0.3) is 0 Å². The second kappa shape index (κ2) is 12.2. The van der Waals surface area contributed by atoms with Crippen LogP contribution >= 0.6 is 0 Å². The summed E-state index contributed by atoms with van der Waals surface area (Å²) in [6.07, 6.45) is 19.9. The van der Waals surface area contributed by atoms with Gasteiger partial charge in [0, 0.05) is 13.2 Å². The molecule has 0 aromatic rings. The highest BCUT2D eigenvalue weighted by Gasteiger charge is 1.98. The maximum Gasteiger partial charge on any atom is 0.0466 e. The number of rotatable bonds is 12. The van der Waals surface area contributed by atoms with Gasteiger partial charge >= 0.3 is 0 Å². The van der Waals surface area contributed by atoms with Crippen LogP contribution in [0.3, 0.4) is 0 Å². The van der Waals surface area contributed by atoms with Crippen LogP contribution in [-0.4, -0.2) is 13.2 Å². The van der Waals surface area contributed by atoms with Crippen molar-refractivity contribution in [3.05, 3.63) is 23.8 Å². The van der Waals surface area contributed by atoms with Crippen LogP contribution in [0.5, 0.6) is 0 Å². The Kier molecular flexibility index (Phi) is 10.7. The number of hydrogen-bond donors (Lipinski definition) is 0. The topological polar surface area (TPSA) is 9.23 Å². The van der Waals surface area contributed by atoms with E-state index in [0.29, 0.717) is 0 Å². The van der Waals surface area contributed by atoms with Gasteiger partial charge in [0.15, 0.2) is 0 Å². The molecule has 116 valence electrons. The van der Waals surface area contributed by atoms with Crippen molar-refractivity contribution >= 4 is 0 Å². The minimum Gasteiger partial charge on any atom is -0.381 e. The molecule has 0 atom stereocenters.